The van der Waals surface area contributed by atoms with Crippen LogP contribution in [0.3, 0.4) is 0 Å². The highest BCUT2D eigenvalue weighted by atomic mass is 16.5. The van der Waals surface area contributed by atoms with Crippen molar-refractivity contribution >= 4 is 5.65 Å². The summed E-state index contributed by atoms with van der Waals surface area (Å²) < 4.78 is 6.77. The number of aromatic nitrogens is 4. The van der Waals surface area contributed by atoms with Crippen LogP contribution in [-0.4, -0.2) is 26.7 Å². The summed E-state index contributed by atoms with van der Waals surface area (Å²) in [5.41, 5.74) is 1.70. The monoisotopic (exact) mass is 192 g/mol. The molecule has 0 aromatic carbocycles. The van der Waals surface area contributed by atoms with E-state index in [0.29, 0.717) is 11.8 Å². The van der Waals surface area contributed by atoms with Gasteiger partial charge in [0.05, 0.1) is 19.0 Å². The Morgan fingerprint density at radius 3 is 2.79 bits per heavy atom. The fourth-order valence-electron chi connectivity index (χ4n) is 1.36. The van der Waals surface area contributed by atoms with Gasteiger partial charge >= 0.3 is 0 Å². The second-order valence-electron chi connectivity index (χ2n) is 3.34. The Kier molecular flexibility index (Phi) is 2.07. The molecule has 0 amide bonds. The number of methoxy groups -OCH3 is 1. The Morgan fingerprint density at radius 2 is 2.14 bits per heavy atom. The molecule has 5 nitrogen and oxygen atoms in total. The molecule has 0 saturated carbocycles. The van der Waals surface area contributed by atoms with Crippen LogP contribution in [0.15, 0.2) is 12.5 Å². The molecule has 0 saturated heterocycles. The highest BCUT2D eigenvalue weighted by molar-refractivity contribution is 5.46. The molecule has 0 N–H and O–H groups in total. The number of imidazole rings is 1. The first-order valence-corrected chi connectivity index (χ1v) is 4.46. The van der Waals surface area contributed by atoms with Crippen LogP contribution in [0.5, 0.6) is 5.88 Å². The van der Waals surface area contributed by atoms with Crippen molar-refractivity contribution in [2.45, 2.75) is 19.8 Å². The molecule has 0 aliphatic heterocycles. The number of nitrogens with zero attached hydrogens (tertiary/aromatic N) is 4. The highest BCUT2D eigenvalue weighted by Gasteiger charge is 2.11. The quantitative estimate of drug-likeness (QED) is 0.718. The first-order chi connectivity index (χ1) is 6.74. The minimum atomic E-state index is 0.326. The van der Waals surface area contributed by atoms with E-state index in [1.54, 1.807) is 17.8 Å². The molecule has 2 heterocycles. The first-order valence-electron chi connectivity index (χ1n) is 4.46. The fraction of sp³-hybridized carbons (Fsp3) is 0.444. The van der Waals surface area contributed by atoms with E-state index in [9.17, 15) is 0 Å². The van der Waals surface area contributed by atoms with E-state index in [4.69, 9.17) is 4.74 Å². The smallest absolute Gasteiger partial charge is 0.235 e. The van der Waals surface area contributed by atoms with Gasteiger partial charge in [-0.1, -0.05) is 13.8 Å². The van der Waals surface area contributed by atoms with E-state index in [1.807, 2.05) is 0 Å². The zero-order valence-electron chi connectivity index (χ0n) is 8.43. The molecular weight excluding hydrogens is 180 g/mol. The van der Waals surface area contributed by atoms with Crippen LogP contribution < -0.4 is 4.74 Å². The van der Waals surface area contributed by atoms with Crippen LogP contribution in [0.2, 0.25) is 0 Å². The van der Waals surface area contributed by atoms with Crippen LogP contribution in [0.25, 0.3) is 5.65 Å². The van der Waals surface area contributed by atoms with Gasteiger partial charge in [0.15, 0.2) is 5.65 Å². The van der Waals surface area contributed by atoms with Crippen molar-refractivity contribution in [1.29, 1.82) is 0 Å². The normalized spacial score (nSPS) is 11.1. The summed E-state index contributed by atoms with van der Waals surface area (Å²) in [6.07, 6.45) is 3.17. The molecule has 2 aromatic rings. The van der Waals surface area contributed by atoms with Crippen LogP contribution >= 0.6 is 0 Å². The maximum Gasteiger partial charge on any atom is 0.235 e. The van der Waals surface area contributed by atoms with Crippen molar-refractivity contribution in [1.82, 2.24) is 19.6 Å². The van der Waals surface area contributed by atoms with Gasteiger partial charge in [0.2, 0.25) is 5.88 Å². The van der Waals surface area contributed by atoms with Gasteiger partial charge < -0.3 is 4.74 Å². The second kappa shape index (κ2) is 3.25. The lowest BCUT2D eigenvalue weighted by atomic mass is 10.1. The first kappa shape index (κ1) is 8.93. The summed E-state index contributed by atoms with van der Waals surface area (Å²) in [4.78, 5) is 8.43. The van der Waals surface area contributed by atoms with Crippen molar-refractivity contribution in [3.05, 3.63) is 18.2 Å². The predicted octanol–water partition coefficient (Wildman–Crippen LogP) is 1.26. The molecule has 5 heteroatoms. The Hall–Kier alpha value is -1.65. The van der Waals surface area contributed by atoms with Gasteiger partial charge in [-0.25, -0.2) is 9.97 Å². The molecule has 0 aliphatic carbocycles. The van der Waals surface area contributed by atoms with Crippen molar-refractivity contribution < 1.29 is 4.74 Å². The topological polar surface area (TPSA) is 52.3 Å². The van der Waals surface area contributed by atoms with E-state index < -0.39 is 0 Å². The number of hydrogen-bond donors (Lipinski definition) is 0. The maximum absolute atomic E-state index is 5.11. The molecule has 2 rings (SSSR count). The Labute approximate surface area is 81.8 Å². The third-order valence-electron chi connectivity index (χ3n) is 2.06. The molecule has 2 aromatic heterocycles. The second-order valence-corrected chi connectivity index (χ2v) is 3.34. The number of hydrogen-bond acceptors (Lipinski definition) is 4. The van der Waals surface area contributed by atoms with E-state index in [-0.39, 0.29) is 0 Å². The molecule has 0 atom stereocenters. The summed E-state index contributed by atoms with van der Waals surface area (Å²) in [6.45, 7) is 4.15. The summed E-state index contributed by atoms with van der Waals surface area (Å²) in [6, 6.07) is 0. The number of ether oxygens (including phenoxy) is 1. The largest absolute Gasteiger partial charge is 0.480 e. The molecule has 0 fully saturated rings. The van der Waals surface area contributed by atoms with E-state index in [1.165, 1.54) is 6.33 Å². The lowest BCUT2D eigenvalue weighted by molar-refractivity contribution is 0.386. The Morgan fingerprint density at radius 1 is 1.36 bits per heavy atom. The minimum Gasteiger partial charge on any atom is -0.480 e. The van der Waals surface area contributed by atoms with Crippen molar-refractivity contribution in [3.8, 4) is 5.88 Å². The van der Waals surface area contributed by atoms with E-state index >= 15 is 0 Å². The van der Waals surface area contributed by atoms with Gasteiger partial charge in [0.25, 0.3) is 0 Å². The molecule has 0 aliphatic rings. The van der Waals surface area contributed by atoms with Crippen LogP contribution in [0.4, 0.5) is 0 Å². The lowest BCUT2D eigenvalue weighted by Crippen LogP contribution is -2.02. The highest BCUT2D eigenvalue weighted by Crippen LogP contribution is 2.19. The molecule has 0 bridgehead atoms. The summed E-state index contributed by atoms with van der Waals surface area (Å²) in [5.74, 6) is 0.955. The van der Waals surface area contributed by atoms with Crippen LogP contribution in [-0.2, 0) is 0 Å². The Balaban J connectivity index is 2.70. The predicted molar refractivity (Wildman–Crippen MR) is 51.4 cm³/mol. The minimum absolute atomic E-state index is 0.326. The zero-order chi connectivity index (χ0) is 10.1. The maximum atomic E-state index is 5.11. The van der Waals surface area contributed by atoms with Crippen molar-refractivity contribution in [2.75, 3.05) is 7.11 Å². The Bertz CT molecular complexity index is 449. The third kappa shape index (κ3) is 1.21. The number of rotatable bonds is 2. The number of fused-ring (bicyclic) bond motifs is 1. The van der Waals surface area contributed by atoms with E-state index in [0.717, 1.165) is 11.3 Å². The van der Waals surface area contributed by atoms with Gasteiger partial charge in [-0.2, -0.15) is 9.61 Å². The van der Waals surface area contributed by atoms with Gasteiger partial charge in [-0.05, 0) is 5.92 Å². The fourth-order valence-corrected chi connectivity index (χ4v) is 1.36. The van der Waals surface area contributed by atoms with E-state index in [2.05, 4.69) is 28.9 Å². The molecule has 0 spiro atoms. The summed E-state index contributed by atoms with van der Waals surface area (Å²) >= 11 is 0. The molecule has 0 unspecified atom stereocenters. The van der Waals surface area contributed by atoms with Gasteiger partial charge in [0.1, 0.15) is 6.33 Å². The molecule has 74 valence electrons. The van der Waals surface area contributed by atoms with Crippen LogP contribution in [0, 0.1) is 0 Å². The zero-order valence-corrected chi connectivity index (χ0v) is 8.43. The average Bonchev–Trinajstić information content (AvgIpc) is 2.59. The standard InChI is InChI=1S/C9H12N4O/c1-6(2)8-9-10-4-7(14-3)13(9)12-5-11-8/h4-6H,1-3H3. The van der Waals surface area contributed by atoms with Crippen molar-refractivity contribution in [3.63, 3.8) is 0 Å². The lowest BCUT2D eigenvalue weighted by Gasteiger charge is -2.04. The molecule has 14 heavy (non-hydrogen) atoms. The summed E-state index contributed by atoms with van der Waals surface area (Å²) in [7, 11) is 1.60. The SMILES string of the molecule is COc1cnc2c(C(C)C)ncnn12. The van der Waals surface area contributed by atoms with Gasteiger partial charge in [-0.15, -0.1) is 0 Å². The van der Waals surface area contributed by atoms with Crippen LogP contribution in [0.1, 0.15) is 25.5 Å². The average molecular weight is 192 g/mol. The van der Waals surface area contributed by atoms with Crippen molar-refractivity contribution in [2.24, 2.45) is 0 Å². The third-order valence-corrected chi connectivity index (χ3v) is 2.06. The van der Waals surface area contributed by atoms with Gasteiger partial charge in [0, 0.05) is 0 Å². The molecular formula is C9H12N4O. The summed E-state index contributed by atoms with van der Waals surface area (Å²) in [5, 5.41) is 4.07. The molecule has 0 radical (unpaired) electrons. The van der Waals surface area contributed by atoms with Gasteiger partial charge in [-0.3, -0.25) is 0 Å².